The molecule has 2 aromatic rings. The van der Waals surface area contributed by atoms with Crippen LogP contribution in [0.5, 0.6) is 5.75 Å². The molecule has 0 heterocycles. The molecule has 10 heteroatoms. The van der Waals surface area contributed by atoms with E-state index in [2.05, 4.69) is 10.1 Å². The Kier molecular flexibility index (Phi) is 7.59. The van der Waals surface area contributed by atoms with Crippen LogP contribution in [-0.4, -0.2) is 23.7 Å². The number of hydrogen-bond donors (Lipinski definition) is 1. The molecular weight excluding hydrogens is 425 g/mol. The first-order valence-electron chi connectivity index (χ1n) is 9.14. The van der Waals surface area contributed by atoms with Gasteiger partial charge in [-0.3, -0.25) is 4.79 Å². The maximum atomic E-state index is 13.8. The lowest BCUT2D eigenvalue weighted by atomic mass is 10.0. The van der Waals surface area contributed by atoms with Gasteiger partial charge in [0.25, 0.3) is 0 Å². The van der Waals surface area contributed by atoms with E-state index in [9.17, 15) is 31.5 Å². The summed E-state index contributed by atoms with van der Waals surface area (Å²) >= 11 is 0. The van der Waals surface area contributed by atoms with Crippen LogP contribution in [0.3, 0.4) is 0 Å². The molecule has 1 atom stereocenters. The van der Waals surface area contributed by atoms with Crippen LogP contribution in [0.1, 0.15) is 32.8 Å². The highest BCUT2D eigenvalue weighted by Crippen LogP contribution is 2.29. The number of esters is 1. The van der Waals surface area contributed by atoms with Crippen molar-refractivity contribution in [2.24, 2.45) is 0 Å². The summed E-state index contributed by atoms with van der Waals surface area (Å²) in [5, 5.41) is 2.44. The number of benzene rings is 2. The van der Waals surface area contributed by atoms with Gasteiger partial charge in [0, 0.05) is 6.04 Å². The van der Waals surface area contributed by atoms with Crippen LogP contribution < -0.4 is 10.1 Å². The predicted octanol–water partition coefficient (Wildman–Crippen LogP) is 4.81. The lowest BCUT2D eigenvalue weighted by molar-refractivity contribution is -0.135. The maximum absolute atomic E-state index is 13.8. The van der Waals surface area contributed by atoms with Crippen molar-refractivity contribution in [1.29, 1.82) is 0 Å². The minimum absolute atomic E-state index is 0.103. The molecule has 0 bridgehead atoms. The minimum Gasteiger partial charge on any atom is -0.444 e. The van der Waals surface area contributed by atoms with Crippen molar-refractivity contribution in [3.63, 3.8) is 0 Å². The molecule has 0 saturated carbocycles. The van der Waals surface area contributed by atoms with Crippen molar-refractivity contribution in [2.45, 2.75) is 45.3 Å². The molecule has 0 radical (unpaired) electrons. The van der Waals surface area contributed by atoms with Crippen LogP contribution in [0.4, 0.5) is 26.7 Å². The molecule has 168 valence electrons. The molecule has 0 fully saturated rings. The summed E-state index contributed by atoms with van der Waals surface area (Å²) in [7, 11) is 0. The van der Waals surface area contributed by atoms with Gasteiger partial charge in [-0.05, 0) is 32.8 Å². The summed E-state index contributed by atoms with van der Waals surface area (Å²) in [6, 6.07) is 7.64. The van der Waals surface area contributed by atoms with Crippen molar-refractivity contribution in [3.8, 4) is 5.75 Å². The molecule has 0 spiro atoms. The fourth-order valence-corrected chi connectivity index (χ4v) is 2.58. The van der Waals surface area contributed by atoms with Gasteiger partial charge in [0.2, 0.25) is 34.8 Å². The number of carbonyl (C=O) groups is 2. The molecule has 0 aromatic heterocycles. The Hall–Kier alpha value is -3.17. The summed E-state index contributed by atoms with van der Waals surface area (Å²) < 4.78 is 76.8. The van der Waals surface area contributed by atoms with Gasteiger partial charge in [-0.25, -0.2) is 18.0 Å². The number of carbonyl (C=O) groups excluding carboxylic acids is 2. The maximum Gasteiger partial charge on any atom is 0.407 e. The third-order valence-electron chi connectivity index (χ3n) is 3.84. The zero-order valence-electron chi connectivity index (χ0n) is 16.9. The van der Waals surface area contributed by atoms with Gasteiger partial charge in [0.15, 0.2) is 0 Å². The van der Waals surface area contributed by atoms with E-state index in [0.717, 1.165) is 0 Å². The van der Waals surface area contributed by atoms with Crippen molar-refractivity contribution >= 4 is 12.1 Å². The molecule has 2 aromatic carbocycles. The zero-order chi connectivity index (χ0) is 23.3. The monoisotopic (exact) mass is 445 g/mol. The predicted molar refractivity (Wildman–Crippen MR) is 99.8 cm³/mol. The molecule has 0 aliphatic heterocycles. The first-order chi connectivity index (χ1) is 14.4. The quantitative estimate of drug-likeness (QED) is 0.228. The summed E-state index contributed by atoms with van der Waals surface area (Å²) in [5.41, 5.74) is -0.135. The van der Waals surface area contributed by atoms with Gasteiger partial charge >= 0.3 is 12.1 Å². The van der Waals surface area contributed by atoms with Gasteiger partial charge in [-0.2, -0.15) is 8.78 Å². The summed E-state index contributed by atoms with van der Waals surface area (Å²) in [4.78, 5) is 24.3. The molecule has 1 unspecified atom stereocenters. The second-order valence-corrected chi connectivity index (χ2v) is 7.61. The van der Waals surface area contributed by atoms with Crippen LogP contribution in [-0.2, 0) is 16.0 Å². The number of hydrogen-bond acceptors (Lipinski definition) is 4. The van der Waals surface area contributed by atoms with Crippen LogP contribution in [0, 0.1) is 29.1 Å². The summed E-state index contributed by atoms with van der Waals surface area (Å²) in [6.07, 6.45) is -1.39. The number of alkyl carbamates (subject to hydrolysis) is 1. The normalized spacial score (nSPS) is 12.3. The Bertz CT molecular complexity index is 931. The standard InChI is InChI=1S/C21H20F5NO4/c1-21(2,3)31-20(29)27-12(9-11-7-5-4-6-8-11)10-13(28)30-19-17(25)15(23)14(22)16(24)18(19)26/h4-8,12H,9-10H2,1-3H3,(H,27,29). The third-order valence-corrected chi connectivity index (χ3v) is 3.84. The summed E-state index contributed by atoms with van der Waals surface area (Å²) in [5.74, 6) is -14.4. The van der Waals surface area contributed by atoms with E-state index in [1.54, 1.807) is 51.1 Å². The van der Waals surface area contributed by atoms with E-state index >= 15 is 0 Å². The number of amides is 1. The number of nitrogens with one attached hydrogen (secondary N) is 1. The van der Waals surface area contributed by atoms with Gasteiger partial charge in [0.05, 0.1) is 6.42 Å². The Morgan fingerprint density at radius 1 is 0.903 bits per heavy atom. The molecule has 5 nitrogen and oxygen atoms in total. The SMILES string of the molecule is CC(C)(C)OC(=O)NC(CC(=O)Oc1c(F)c(F)c(F)c(F)c1F)Cc1ccccc1. The van der Waals surface area contributed by atoms with E-state index < -0.39 is 65.0 Å². The summed E-state index contributed by atoms with van der Waals surface area (Å²) in [6.45, 7) is 4.86. The van der Waals surface area contributed by atoms with E-state index in [1.807, 2.05) is 0 Å². The van der Waals surface area contributed by atoms with Crippen molar-refractivity contribution in [3.05, 3.63) is 65.0 Å². The fraction of sp³-hybridized carbons (Fsp3) is 0.333. The van der Waals surface area contributed by atoms with E-state index in [-0.39, 0.29) is 6.42 Å². The first-order valence-corrected chi connectivity index (χ1v) is 9.14. The Morgan fingerprint density at radius 2 is 1.42 bits per heavy atom. The van der Waals surface area contributed by atoms with Crippen molar-refractivity contribution < 1.29 is 41.0 Å². The highest BCUT2D eigenvalue weighted by Gasteiger charge is 2.30. The average Bonchev–Trinajstić information content (AvgIpc) is 2.67. The molecule has 0 aliphatic rings. The van der Waals surface area contributed by atoms with Crippen LogP contribution in [0.2, 0.25) is 0 Å². The van der Waals surface area contributed by atoms with Crippen LogP contribution in [0.25, 0.3) is 0 Å². The number of halogens is 5. The number of ether oxygens (including phenoxy) is 2. The van der Waals surface area contributed by atoms with E-state index in [1.165, 1.54) is 0 Å². The second kappa shape index (κ2) is 9.76. The Morgan fingerprint density at radius 3 is 1.94 bits per heavy atom. The van der Waals surface area contributed by atoms with Crippen molar-refractivity contribution in [1.82, 2.24) is 5.32 Å². The van der Waals surface area contributed by atoms with Crippen LogP contribution >= 0.6 is 0 Å². The smallest absolute Gasteiger partial charge is 0.407 e. The molecule has 2 rings (SSSR count). The van der Waals surface area contributed by atoms with E-state index in [0.29, 0.717) is 5.56 Å². The van der Waals surface area contributed by atoms with Gasteiger partial charge in [-0.1, -0.05) is 30.3 Å². The molecule has 0 aliphatic carbocycles. The molecular formula is C21H20F5NO4. The number of rotatable bonds is 6. The molecule has 0 saturated heterocycles. The van der Waals surface area contributed by atoms with Gasteiger partial charge in [0.1, 0.15) is 5.60 Å². The molecule has 1 amide bonds. The fourth-order valence-electron chi connectivity index (χ4n) is 2.58. The van der Waals surface area contributed by atoms with Gasteiger partial charge in [-0.15, -0.1) is 0 Å². The Labute approximate surface area is 175 Å². The largest absolute Gasteiger partial charge is 0.444 e. The van der Waals surface area contributed by atoms with Crippen LogP contribution in [0.15, 0.2) is 30.3 Å². The topological polar surface area (TPSA) is 64.6 Å². The van der Waals surface area contributed by atoms with Crippen molar-refractivity contribution in [2.75, 3.05) is 0 Å². The van der Waals surface area contributed by atoms with E-state index in [4.69, 9.17) is 4.74 Å². The zero-order valence-corrected chi connectivity index (χ0v) is 16.9. The molecule has 31 heavy (non-hydrogen) atoms. The van der Waals surface area contributed by atoms with Gasteiger partial charge < -0.3 is 14.8 Å². The highest BCUT2D eigenvalue weighted by atomic mass is 19.2. The first kappa shape index (κ1) is 24.1. The average molecular weight is 445 g/mol. The lowest BCUT2D eigenvalue weighted by Gasteiger charge is -2.23. The minimum atomic E-state index is -2.37. The Balaban J connectivity index is 2.20. The molecule has 1 N–H and O–H groups in total. The third kappa shape index (κ3) is 6.66. The second-order valence-electron chi connectivity index (χ2n) is 7.61. The highest BCUT2D eigenvalue weighted by molar-refractivity contribution is 5.75. The lowest BCUT2D eigenvalue weighted by Crippen LogP contribution is -2.42.